The number of aryl methyl sites for hydroxylation is 2. The smallest absolute Gasteiger partial charge is 0.283 e. The number of sulfonamides is 1. The maximum Gasteiger partial charge on any atom is 0.283 e. The first-order chi connectivity index (χ1) is 9.88. The van der Waals surface area contributed by atoms with E-state index in [1.54, 1.807) is 31.2 Å². The fourth-order valence-electron chi connectivity index (χ4n) is 1.87. The van der Waals surface area contributed by atoms with E-state index in [0.717, 1.165) is 16.8 Å². The zero-order valence-electron chi connectivity index (χ0n) is 12.3. The summed E-state index contributed by atoms with van der Waals surface area (Å²) < 4.78 is 28.2. The number of anilines is 1. The summed E-state index contributed by atoms with van der Waals surface area (Å²) in [4.78, 5) is 0.194. The first-order valence-electron chi connectivity index (χ1n) is 6.59. The first kappa shape index (κ1) is 15.3. The monoisotopic (exact) mass is 302 g/mol. The van der Waals surface area contributed by atoms with E-state index in [9.17, 15) is 8.42 Å². The molecule has 4 nitrogen and oxygen atoms in total. The third-order valence-corrected chi connectivity index (χ3v) is 4.42. The molecule has 0 saturated heterocycles. The Morgan fingerprint density at radius 1 is 1.00 bits per heavy atom. The zero-order chi connectivity index (χ0) is 15.5. The summed E-state index contributed by atoms with van der Waals surface area (Å²) in [5, 5.41) is 3.02. The van der Waals surface area contributed by atoms with Crippen molar-refractivity contribution >= 4 is 21.5 Å². The van der Waals surface area contributed by atoms with Gasteiger partial charge in [0.2, 0.25) is 0 Å². The molecule has 21 heavy (non-hydrogen) atoms. The van der Waals surface area contributed by atoms with E-state index in [2.05, 4.69) is 9.71 Å². The molecule has 0 saturated carbocycles. The molecular formula is C16H18N2O2S. The third kappa shape index (κ3) is 3.92. The summed E-state index contributed by atoms with van der Waals surface area (Å²) in [5.74, 6) is 0.338. The van der Waals surface area contributed by atoms with E-state index in [-0.39, 0.29) is 4.90 Å². The van der Waals surface area contributed by atoms with Gasteiger partial charge in [0.25, 0.3) is 10.0 Å². The van der Waals surface area contributed by atoms with Crippen LogP contribution in [0, 0.1) is 13.8 Å². The summed E-state index contributed by atoms with van der Waals surface area (Å²) in [5.41, 5.74) is 2.88. The molecule has 2 aromatic carbocycles. The van der Waals surface area contributed by atoms with Crippen LogP contribution in [0.15, 0.2) is 57.8 Å². The second kappa shape index (κ2) is 6.10. The molecule has 1 N–H and O–H groups in total. The normalized spacial score (nSPS) is 12.2. The van der Waals surface area contributed by atoms with Crippen LogP contribution in [0.2, 0.25) is 0 Å². The minimum absolute atomic E-state index is 0.194. The standard InChI is InChI=1S/C16H18N2O2S/c1-12-8-10-15(11-9-12)21(19,20)18-14(3)17-16-7-5-4-6-13(16)2/h4-11H,1-3H3,(H,17,18). The van der Waals surface area contributed by atoms with Crippen LogP contribution in [0.25, 0.3) is 0 Å². The highest BCUT2D eigenvalue weighted by Gasteiger charge is 2.12. The van der Waals surface area contributed by atoms with E-state index in [1.807, 2.05) is 38.1 Å². The van der Waals surface area contributed by atoms with E-state index in [0.29, 0.717) is 5.84 Å². The number of nitrogens with zero attached hydrogens (tertiary/aromatic N) is 1. The molecule has 0 aliphatic carbocycles. The second-order valence-electron chi connectivity index (χ2n) is 4.90. The van der Waals surface area contributed by atoms with Crippen LogP contribution in [0.1, 0.15) is 18.1 Å². The molecule has 0 aliphatic heterocycles. The molecule has 5 heteroatoms. The largest absolute Gasteiger partial charge is 0.343 e. The number of amidine groups is 1. The van der Waals surface area contributed by atoms with Crippen LogP contribution >= 0.6 is 0 Å². The highest BCUT2D eigenvalue weighted by Crippen LogP contribution is 2.16. The number of nitrogens with one attached hydrogen (secondary N) is 1. The van der Waals surface area contributed by atoms with Gasteiger partial charge in [-0.3, -0.25) is 0 Å². The quantitative estimate of drug-likeness (QED) is 0.697. The fourth-order valence-corrected chi connectivity index (χ4v) is 2.87. The van der Waals surface area contributed by atoms with Crippen LogP contribution in [0.5, 0.6) is 0 Å². The minimum Gasteiger partial charge on any atom is -0.343 e. The van der Waals surface area contributed by atoms with E-state index in [1.165, 1.54) is 0 Å². The van der Waals surface area contributed by atoms with Gasteiger partial charge in [-0.2, -0.15) is 8.42 Å². The van der Waals surface area contributed by atoms with Crippen LogP contribution < -0.4 is 5.32 Å². The molecule has 0 amide bonds. The molecule has 0 fully saturated rings. The molecule has 0 aromatic heterocycles. The Kier molecular flexibility index (Phi) is 4.43. The highest BCUT2D eigenvalue weighted by molar-refractivity contribution is 7.90. The molecule has 0 spiro atoms. The van der Waals surface area contributed by atoms with E-state index < -0.39 is 10.0 Å². The number of para-hydroxylation sites is 1. The average molecular weight is 302 g/mol. The van der Waals surface area contributed by atoms with Crippen LogP contribution in [0.4, 0.5) is 5.69 Å². The summed E-state index contributed by atoms with van der Waals surface area (Å²) in [6.07, 6.45) is 0. The molecule has 0 unspecified atom stereocenters. The number of rotatable bonds is 3. The molecule has 0 atom stereocenters. The second-order valence-corrected chi connectivity index (χ2v) is 6.51. The first-order valence-corrected chi connectivity index (χ1v) is 8.03. The molecule has 2 aromatic rings. The van der Waals surface area contributed by atoms with Gasteiger partial charge in [-0.05, 0) is 44.5 Å². The van der Waals surface area contributed by atoms with Crippen molar-refractivity contribution in [3.8, 4) is 0 Å². The highest BCUT2D eigenvalue weighted by atomic mass is 32.2. The van der Waals surface area contributed by atoms with Crippen molar-refractivity contribution in [3.63, 3.8) is 0 Å². The molecule has 110 valence electrons. The van der Waals surface area contributed by atoms with E-state index >= 15 is 0 Å². The predicted molar refractivity (Wildman–Crippen MR) is 86.3 cm³/mol. The van der Waals surface area contributed by atoms with Crippen molar-refractivity contribution in [2.75, 3.05) is 5.32 Å². The van der Waals surface area contributed by atoms with Gasteiger partial charge in [-0.1, -0.05) is 35.9 Å². The number of hydrogen-bond donors (Lipinski definition) is 1. The SMILES string of the molecule is C/C(=N\S(=O)(=O)c1ccc(C)cc1)Nc1ccccc1C. The number of benzene rings is 2. The Morgan fingerprint density at radius 2 is 1.62 bits per heavy atom. The van der Waals surface area contributed by atoms with Gasteiger partial charge in [0.05, 0.1) is 4.90 Å². The predicted octanol–water partition coefficient (Wildman–Crippen LogP) is 3.52. The lowest BCUT2D eigenvalue weighted by atomic mass is 10.2. The van der Waals surface area contributed by atoms with Gasteiger partial charge >= 0.3 is 0 Å². The fraction of sp³-hybridized carbons (Fsp3) is 0.188. The van der Waals surface area contributed by atoms with Crippen LogP contribution in [-0.2, 0) is 10.0 Å². The lowest BCUT2D eigenvalue weighted by Crippen LogP contribution is -2.11. The molecule has 0 bridgehead atoms. The van der Waals surface area contributed by atoms with Crippen LogP contribution in [-0.4, -0.2) is 14.3 Å². The Morgan fingerprint density at radius 3 is 2.24 bits per heavy atom. The molecule has 2 rings (SSSR count). The Hall–Kier alpha value is -2.14. The van der Waals surface area contributed by atoms with Gasteiger partial charge in [-0.15, -0.1) is 4.40 Å². The van der Waals surface area contributed by atoms with Gasteiger partial charge in [0.1, 0.15) is 5.84 Å². The van der Waals surface area contributed by atoms with Gasteiger partial charge in [0.15, 0.2) is 0 Å². The van der Waals surface area contributed by atoms with Crippen molar-refractivity contribution in [1.82, 2.24) is 0 Å². The summed E-state index contributed by atoms with van der Waals surface area (Å²) >= 11 is 0. The maximum atomic E-state index is 12.2. The Balaban J connectivity index is 2.25. The van der Waals surface area contributed by atoms with Gasteiger partial charge < -0.3 is 5.32 Å². The molecular weight excluding hydrogens is 284 g/mol. The molecule has 0 radical (unpaired) electrons. The lowest BCUT2D eigenvalue weighted by molar-refractivity contribution is 0.598. The average Bonchev–Trinajstić information content (AvgIpc) is 2.41. The van der Waals surface area contributed by atoms with Gasteiger partial charge in [0, 0.05) is 5.69 Å². The summed E-state index contributed by atoms with van der Waals surface area (Å²) in [6.45, 7) is 5.49. The van der Waals surface area contributed by atoms with Crippen molar-refractivity contribution in [2.45, 2.75) is 25.7 Å². The van der Waals surface area contributed by atoms with Crippen molar-refractivity contribution in [2.24, 2.45) is 4.40 Å². The van der Waals surface area contributed by atoms with Crippen molar-refractivity contribution in [1.29, 1.82) is 0 Å². The minimum atomic E-state index is -3.68. The van der Waals surface area contributed by atoms with Crippen LogP contribution in [0.3, 0.4) is 0 Å². The van der Waals surface area contributed by atoms with Gasteiger partial charge in [-0.25, -0.2) is 0 Å². The van der Waals surface area contributed by atoms with Crippen molar-refractivity contribution in [3.05, 3.63) is 59.7 Å². The molecule has 0 heterocycles. The number of hydrogen-bond acceptors (Lipinski definition) is 2. The Bertz CT molecular complexity index is 763. The summed E-state index contributed by atoms with van der Waals surface area (Å²) in [6, 6.07) is 14.3. The topological polar surface area (TPSA) is 58.5 Å². The summed E-state index contributed by atoms with van der Waals surface area (Å²) in [7, 11) is -3.68. The van der Waals surface area contributed by atoms with E-state index in [4.69, 9.17) is 0 Å². The zero-order valence-corrected chi connectivity index (χ0v) is 13.1. The third-order valence-electron chi connectivity index (χ3n) is 3.04. The molecule has 0 aliphatic rings. The Labute approximate surface area is 125 Å². The maximum absolute atomic E-state index is 12.2. The van der Waals surface area contributed by atoms with Crippen molar-refractivity contribution < 1.29 is 8.42 Å². The lowest BCUT2D eigenvalue weighted by Gasteiger charge is -2.08.